The summed E-state index contributed by atoms with van der Waals surface area (Å²) in [6.45, 7) is 0.264. The molecule has 5 rings (SSSR count). The van der Waals surface area contributed by atoms with Crippen LogP contribution in [0.3, 0.4) is 0 Å². The smallest absolute Gasteiger partial charge is 0.331 e. The molecule has 1 aromatic heterocycles. The van der Waals surface area contributed by atoms with E-state index in [1.165, 1.54) is 52.4 Å². The fraction of sp³-hybridized carbons (Fsp3) is 0.276. The second-order valence-corrected chi connectivity index (χ2v) is 10.3. The first-order valence-corrected chi connectivity index (χ1v) is 13.2. The fourth-order valence-electron chi connectivity index (χ4n) is 4.34. The number of carbonyl (C=O) groups excluding carboxylic acids is 4. The van der Waals surface area contributed by atoms with E-state index in [4.69, 9.17) is 4.74 Å². The molecule has 1 atom stereocenters. The average molecular weight is 579 g/mol. The van der Waals surface area contributed by atoms with Crippen molar-refractivity contribution in [2.75, 3.05) is 42.7 Å². The van der Waals surface area contributed by atoms with E-state index in [1.807, 2.05) is 0 Å². The summed E-state index contributed by atoms with van der Waals surface area (Å²) in [5.74, 6) is -3.51. The first-order chi connectivity index (χ1) is 20.1. The Morgan fingerprint density at radius 3 is 2.43 bits per heavy atom. The van der Waals surface area contributed by atoms with Crippen molar-refractivity contribution in [1.82, 2.24) is 14.8 Å². The molecule has 2 aromatic carbocycles. The van der Waals surface area contributed by atoms with E-state index >= 15 is 0 Å². The highest BCUT2D eigenvalue weighted by molar-refractivity contribution is 6.23. The highest BCUT2D eigenvalue weighted by Gasteiger charge is 2.45. The largest absolute Gasteiger partial charge is 0.454 e. The summed E-state index contributed by atoms with van der Waals surface area (Å²) in [5, 5.41) is 5.12. The summed E-state index contributed by atoms with van der Waals surface area (Å²) in [6, 6.07) is 10.6. The van der Waals surface area contributed by atoms with Crippen LogP contribution in [-0.4, -0.2) is 65.8 Å². The van der Waals surface area contributed by atoms with Crippen molar-refractivity contribution < 1.29 is 32.7 Å². The van der Waals surface area contributed by atoms with Gasteiger partial charge in [0.1, 0.15) is 23.3 Å². The van der Waals surface area contributed by atoms with Crippen molar-refractivity contribution in [1.29, 1.82) is 0 Å². The van der Waals surface area contributed by atoms with Gasteiger partial charge in [-0.05, 0) is 61.2 Å². The number of anilines is 3. The highest BCUT2D eigenvalue weighted by atomic mass is 19.1. The molecule has 0 radical (unpaired) electrons. The van der Waals surface area contributed by atoms with E-state index in [2.05, 4.69) is 15.6 Å². The number of carbonyl (C=O) groups is 4. The Kier molecular flexibility index (Phi) is 8.00. The van der Waals surface area contributed by atoms with Gasteiger partial charge in [-0.15, -0.1) is 0 Å². The molecule has 2 N–H and O–H groups in total. The highest BCUT2D eigenvalue weighted by Crippen LogP contribution is 2.33. The van der Waals surface area contributed by atoms with E-state index in [0.29, 0.717) is 12.5 Å². The van der Waals surface area contributed by atoms with E-state index < -0.39 is 41.4 Å². The third kappa shape index (κ3) is 6.45. The van der Waals surface area contributed by atoms with Crippen LogP contribution in [0.2, 0.25) is 0 Å². The minimum Gasteiger partial charge on any atom is -0.454 e. The maximum atomic E-state index is 15.0. The molecule has 11 nitrogen and oxygen atoms in total. The Morgan fingerprint density at radius 2 is 1.76 bits per heavy atom. The van der Waals surface area contributed by atoms with Crippen LogP contribution in [0.4, 0.5) is 35.6 Å². The van der Waals surface area contributed by atoms with Crippen LogP contribution in [0.25, 0.3) is 0 Å². The molecule has 2 aliphatic rings. The number of halogens is 2. The minimum absolute atomic E-state index is 0.0743. The number of hydrogen-bond donors (Lipinski definition) is 2. The van der Waals surface area contributed by atoms with Gasteiger partial charge >= 0.3 is 12.1 Å². The van der Waals surface area contributed by atoms with Crippen LogP contribution >= 0.6 is 0 Å². The Balaban J connectivity index is 1.30. The van der Waals surface area contributed by atoms with Crippen LogP contribution in [0.1, 0.15) is 12.8 Å². The zero-order valence-electron chi connectivity index (χ0n) is 22.8. The van der Waals surface area contributed by atoms with Gasteiger partial charge in [-0.25, -0.2) is 28.3 Å². The molecule has 1 saturated heterocycles. The quantitative estimate of drug-likeness (QED) is 0.374. The van der Waals surface area contributed by atoms with Crippen molar-refractivity contribution in [3.8, 4) is 11.5 Å². The van der Waals surface area contributed by atoms with E-state index in [9.17, 15) is 28.0 Å². The maximum absolute atomic E-state index is 15.0. The summed E-state index contributed by atoms with van der Waals surface area (Å²) in [5.41, 5.74) is 0.225. The van der Waals surface area contributed by atoms with Crippen molar-refractivity contribution in [3.63, 3.8) is 0 Å². The molecule has 218 valence electrons. The first-order valence-electron chi connectivity index (χ1n) is 13.2. The topological polar surface area (TPSA) is 124 Å². The number of benzene rings is 2. The van der Waals surface area contributed by atoms with Gasteiger partial charge in [-0.3, -0.25) is 14.9 Å². The van der Waals surface area contributed by atoms with Crippen LogP contribution < -0.4 is 20.3 Å². The van der Waals surface area contributed by atoms with Crippen LogP contribution in [0.15, 0.2) is 60.8 Å². The number of ether oxygens (including phenoxy) is 1. The number of urea groups is 2. The molecular formula is C29H28F2N6O5. The molecule has 13 heteroatoms. The number of nitrogens with one attached hydrogen (secondary N) is 2. The summed E-state index contributed by atoms with van der Waals surface area (Å²) in [7, 11) is 3.14. The number of hydrogen-bond acceptors (Lipinski definition) is 6. The zero-order chi connectivity index (χ0) is 30.0. The van der Waals surface area contributed by atoms with Gasteiger partial charge in [0.15, 0.2) is 11.6 Å². The second-order valence-electron chi connectivity index (χ2n) is 10.3. The van der Waals surface area contributed by atoms with Crippen LogP contribution in [0, 0.1) is 23.5 Å². The van der Waals surface area contributed by atoms with Gasteiger partial charge in [0.2, 0.25) is 11.8 Å². The summed E-state index contributed by atoms with van der Waals surface area (Å²) < 4.78 is 34.1. The summed E-state index contributed by atoms with van der Waals surface area (Å²) in [6.07, 6.45) is 3.29. The van der Waals surface area contributed by atoms with Crippen molar-refractivity contribution in [2.24, 2.45) is 11.8 Å². The number of pyridine rings is 1. The van der Waals surface area contributed by atoms with Gasteiger partial charge in [0, 0.05) is 51.2 Å². The summed E-state index contributed by atoms with van der Waals surface area (Å²) in [4.78, 5) is 59.3. The SMILES string of the molecule is CN(C)C(=O)Nc1cc(Oc2ccc(NC(=O)C3CN(CC4CC4)C(=O)N(c4ccc(F)cc4)C3=O)cc2F)ccn1. The lowest BCUT2D eigenvalue weighted by molar-refractivity contribution is -0.132. The predicted octanol–water partition coefficient (Wildman–Crippen LogP) is 4.68. The van der Waals surface area contributed by atoms with Crippen molar-refractivity contribution in [3.05, 3.63) is 72.4 Å². The molecule has 1 aliphatic heterocycles. The average Bonchev–Trinajstić information content (AvgIpc) is 3.77. The maximum Gasteiger partial charge on any atom is 0.331 e. The Hall–Kier alpha value is -5.07. The Bertz CT molecular complexity index is 1530. The lowest BCUT2D eigenvalue weighted by Gasteiger charge is -2.38. The fourth-order valence-corrected chi connectivity index (χ4v) is 4.34. The third-order valence-corrected chi connectivity index (χ3v) is 6.76. The molecular weight excluding hydrogens is 550 g/mol. The number of rotatable bonds is 8. The van der Waals surface area contributed by atoms with E-state index in [-0.39, 0.29) is 35.2 Å². The summed E-state index contributed by atoms with van der Waals surface area (Å²) >= 11 is 0. The second kappa shape index (κ2) is 11.8. The molecule has 42 heavy (non-hydrogen) atoms. The lowest BCUT2D eigenvalue weighted by Crippen LogP contribution is -2.60. The third-order valence-electron chi connectivity index (χ3n) is 6.76. The van der Waals surface area contributed by atoms with Crippen molar-refractivity contribution >= 4 is 41.1 Å². The monoisotopic (exact) mass is 578 g/mol. The zero-order valence-corrected chi connectivity index (χ0v) is 22.8. The molecule has 6 amide bonds. The van der Waals surface area contributed by atoms with E-state index in [1.54, 1.807) is 14.1 Å². The van der Waals surface area contributed by atoms with Crippen LogP contribution in [-0.2, 0) is 9.59 Å². The van der Waals surface area contributed by atoms with Gasteiger partial charge in [0.25, 0.3) is 0 Å². The lowest BCUT2D eigenvalue weighted by atomic mass is 10.0. The van der Waals surface area contributed by atoms with Crippen molar-refractivity contribution in [2.45, 2.75) is 12.8 Å². The van der Waals surface area contributed by atoms with Gasteiger partial charge in [0.05, 0.1) is 5.69 Å². The number of aromatic nitrogens is 1. The molecule has 3 aromatic rings. The van der Waals surface area contributed by atoms with Gasteiger partial charge in [-0.2, -0.15) is 0 Å². The van der Waals surface area contributed by atoms with E-state index in [0.717, 1.165) is 35.9 Å². The molecule has 0 bridgehead atoms. The molecule has 1 unspecified atom stereocenters. The minimum atomic E-state index is -1.27. The van der Waals surface area contributed by atoms with Crippen LogP contribution in [0.5, 0.6) is 11.5 Å². The number of nitrogens with zero attached hydrogens (tertiary/aromatic N) is 4. The first kappa shape index (κ1) is 28.5. The molecule has 1 saturated carbocycles. The molecule has 0 spiro atoms. The molecule has 2 heterocycles. The number of amides is 6. The predicted molar refractivity (Wildman–Crippen MR) is 149 cm³/mol. The molecule has 2 fully saturated rings. The Morgan fingerprint density at radius 1 is 1.02 bits per heavy atom. The number of imide groups is 1. The van der Waals surface area contributed by atoms with Gasteiger partial charge in [-0.1, -0.05) is 0 Å². The Labute approximate surface area is 240 Å². The standard InChI is InChI=1S/C29H28F2N6O5/c1-35(2)28(40)34-25-14-21(11-12-32-25)42-24-10-7-19(13-23(24)31)33-26(38)22-16-36(15-17-3-4-17)29(41)37(27(22)39)20-8-5-18(30)6-9-20/h5-14,17,22H,3-4,15-16H2,1-2H3,(H,33,38)(H,32,34,40). The van der Waals surface area contributed by atoms with Gasteiger partial charge < -0.3 is 19.9 Å². The normalized spacial score (nSPS) is 16.7. The molecule has 1 aliphatic carbocycles.